The summed E-state index contributed by atoms with van der Waals surface area (Å²) in [6.45, 7) is 13.0. The van der Waals surface area contributed by atoms with E-state index in [2.05, 4.69) is 41.5 Å². The Morgan fingerprint density at radius 3 is 0.818 bits per heavy atom. The fraction of sp³-hybridized carbons (Fsp3) is 0.636. The van der Waals surface area contributed by atoms with Gasteiger partial charge in [0.2, 0.25) is 0 Å². The van der Waals surface area contributed by atoms with Crippen molar-refractivity contribution in [3.63, 3.8) is 0 Å². The van der Waals surface area contributed by atoms with Gasteiger partial charge in [-0.2, -0.15) is 0 Å². The van der Waals surface area contributed by atoms with Crippen LogP contribution in [0.5, 0.6) is 0 Å². The third-order valence-corrected chi connectivity index (χ3v) is 2.06. The molecule has 0 amide bonds. The summed E-state index contributed by atoms with van der Waals surface area (Å²) >= 11 is 0. The minimum Gasteiger partial charge on any atom is -0.0776 e. The molecule has 0 aromatic carbocycles. The first-order valence-corrected chi connectivity index (χ1v) is 3.75. The van der Waals surface area contributed by atoms with Crippen molar-refractivity contribution in [1.29, 1.82) is 0 Å². The van der Waals surface area contributed by atoms with Gasteiger partial charge >= 0.3 is 0 Å². The number of rotatable bonds is 1. The van der Waals surface area contributed by atoms with Gasteiger partial charge in [-0.05, 0) is 52.7 Å². The first-order valence-electron chi connectivity index (χ1n) is 3.75. The molecule has 0 spiro atoms. The zero-order chi connectivity index (χ0) is 8.31. The lowest BCUT2D eigenvalue weighted by atomic mass is 10.0. The van der Waals surface area contributed by atoms with E-state index in [1.807, 2.05) is 0 Å². The lowest BCUT2D eigenvalue weighted by Gasteiger charge is -2.05. The highest BCUT2D eigenvalue weighted by Crippen LogP contribution is 2.16. The lowest BCUT2D eigenvalue weighted by Crippen LogP contribution is -1.85. The zero-order valence-electron chi connectivity index (χ0n) is 8.00. The molecule has 0 aliphatic rings. The standard InChI is InChI=1S/C10H18.CH4/c1-7(2)9(5)10(6)8(3)4;/h1-6H3;1H4. The van der Waals surface area contributed by atoms with E-state index in [1.54, 1.807) is 0 Å². The van der Waals surface area contributed by atoms with Crippen LogP contribution in [-0.4, -0.2) is 0 Å². The highest BCUT2D eigenvalue weighted by atomic mass is 14.0. The summed E-state index contributed by atoms with van der Waals surface area (Å²) < 4.78 is 0. The van der Waals surface area contributed by atoms with Crippen LogP contribution < -0.4 is 0 Å². The van der Waals surface area contributed by atoms with Crippen molar-refractivity contribution in [3.05, 3.63) is 22.3 Å². The van der Waals surface area contributed by atoms with Crippen molar-refractivity contribution in [2.75, 3.05) is 0 Å². The molecule has 0 aromatic rings. The Labute approximate surface area is 72.0 Å². The number of hydrogen-bond acceptors (Lipinski definition) is 0. The van der Waals surface area contributed by atoms with E-state index in [-0.39, 0.29) is 7.43 Å². The van der Waals surface area contributed by atoms with E-state index in [9.17, 15) is 0 Å². The average molecular weight is 154 g/mol. The Balaban J connectivity index is 0. The first kappa shape index (κ1) is 13.1. The van der Waals surface area contributed by atoms with Crippen molar-refractivity contribution in [2.45, 2.75) is 49.0 Å². The molecular weight excluding hydrogens is 132 g/mol. The zero-order valence-corrected chi connectivity index (χ0v) is 8.00. The molecule has 0 atom stereocenters. The smallest absolute Gasteiger partial charge is 0.0396 e. The molecule has 0 aliphatic carbocycles. The average Bonchev–Trinajstić information content (AvgIpc) is 1.84. The molecule has 0 aliphatic heterocycles. The maximum atomic E-state index is 2.18. The molecule has 0 bridgehead atoms. The Morgan fingerprint density at radius 2 is 0.727 bits per heavy atom. The predicted octanol–water partition coefficient (Wildman–Crippen LogP) is 4.34. The van der Waals surface area contributed by atoms with Gasteiger partial charge in [0, 0.05) is 0 Å². The van der Waals surface area contributed by atoms with Gasteiger partial charge in [-0.25, -0.2) is 0 Å². The summed E-state index contributed by atoms with van der Waals surface area (Å²) in [5.41, 5.74) is 5.69. The molecule has 0 unspecified atom stereocenters. The second-order valence-corrected chi connectivity index (χ2v) is 3.25. The summed E-state index contributed by atoms with van der Waals surface area (Å²) in [4.78, 5) is 0. The Bertz CT molecular complexity index is 150. The third-order valence-electron chi connectivity index (χ3n) is 2.06. The van der Waals surface area contributed by atoms with Crippen LogP contribution >= 0.6 is 0 Å². The van der Waals surface area contributed by atoms with Gasteiger partial charge in [-0.3, -0.25) is 0 Å². The minimum absolute atomic E-state index is 0. The summed E-state index contributed by atoms with van der Waals surface area (Å²) in [5, 5.41) is 0. The third kappa shape index (κ3) is 4.02. The summed E-state index contributed by atoms with van der Waals surface area (Å²) in [6.07, 6.45) is 0. The van der Waals surface area contributed by atoms with Crippen LogP contribution in [0.3, 0.4) is 0 Å². The molecule has 0 saturated heterocycles. The first-order chi connectivity index (χ1) is 4.46. The fourth-order valence-electron chi connectivity index (χ4n) is 0.750. The maximum absolute atomic E-state index is 2.18. The van der Waals surface area contributed by atoms with Crippen LogP contribution in [0.4, 0.5) is 0 Å². The van der Waals surface area contributed by atoms with Gasteiger partial charge in [-0.1, -0.05) is 18.6 Å². The highest BCUT2D eigenvalue weighted by Gasteiger charge is 1.95. The second-order valence-electron chi connectivity index (χ2n) is 3.25. The predicted molar refractivity (Wildman–Crippen MR) is 54.8 cm³/mol. The van der Waals surface area contributed by atoms with Gasteiger partial charge in [0.1, 0.15) is 0 Å². The molecule has 0 N–H and O–H groups in total. The van der Waals surface area contributed by atoms with Gasteiger partial charge in [0.25, 0.3) is 0 Å². The van der Waals surface area contributed by atoms with Crippen LogP contribution in [0, 0.1) is 0 Å². The van der Waals surface area contributed by atoms with Crippen LogP contribution in [0.25, 0.3) is 0 Å². The SMILES string of the molecule is C.CC(C)=C(C)C(C)=C(C)C. The van der Waals surface area contributed by atoms with E-state index in [1.165, 1.54) is 22.3 Å². The van der Waals surface area contributed by atoms with E-state index >= 15 is 0 Å². The molecule has 11 heavy (non-hydrogen) atoms. The fourth-order valence-corrected chi connectivity index (χ4v) is 0.750. The monoisotopic (exact) mass is 154 g/mol. The van der Waals surface area contributed by atoms with Crippen molar-refractivity contribution < 1.29 is 0 Å². The Morgan fingerprint density at radius 1 is 0.545 bits per heavy atom. The van der Waals surface area contributed by atoms with Gasteiger partial charge in [0.05, 0.1) is 0 Å². The molecule has 0 heterocycles. The topological polar surface area (TPSA) is 0 Å². The Kier molecular flexibility index (Phi) is 6.16. The summed E-state index contributed by atoms with van der Waals surface area (Å²) in [5.74, 6) is 0. The highest BCUT2D eigenvalue weighted by molar-refractivity contribution is 5.33. The van der Waals surface area contributed by atoms with E-state index < -0.39 is 0 Å². The Hall–Kier alpha value is -0.520. The van der Waals surface area contributed by atoms with Gasteiger partial charge in [-0.15, -0.1) is 0 Å². The second kappa shape index (κ2) is 5.17. The van der Waals surface area contributed by atoms with E-state index in [0.29, 0.717) is 0 Å². The number of hydrogen-bond donors (Lipinski definition) is 0. The maximum Gasteiger partial charge on any atom is -0.0396 e. The van der Waals surface area contributed by atoms with Crippen LogP contribution in [-0.2, 0) is 0 Å². The minimum atomic E-state index is 0. The quantitative estimate of drug-likeness (QED) is 0.493. The molecule has 0 nitrogen and oxygen atoms in total. The molecular formula is C11H22. The van der Waals surface area contributed by atoms with Crippen LogP contribution in [0.15, 0.2) is 22.3 Å². The van der Waals surface area contributed by atoms with Crippen LogP contribution in [0.1, 0.15) is 49.0 Å². The van der Waals surface area contributed by atoms with Crippen molar-refractivity contribution in [2.24, 2.45) is 0 Å². The molecule has 0 saturated carbocycles. The van der Waals surface area contributed by atoms with Gasteiger partial charge in [0.15, 0.2) is 0 Å². The normalized spacial score (nSPS) is 8.18. The largest absolute Gasteiger partial charge is 0.0776 e. The van der Waals surface area contributed by atoms with Crippen molar-refractivity contribution in [1.82, 2.24) is 0 Å². The summed E-state index contributed by atoms with van der Waals surface area (Å²) in [6, 6.07) is 0. The molecule has 0 radical (unpaired) electrons. The number of allylic oxidation sites excluding steroid dienone is 4. The van der Waals surface area contributed by atoms with Gasteiger partial charge < -0.3 is 0 Å². The molecule has 0 aromatic heterocycles. The van der Waals surface area contributed by atoms with Crippen LogP contribution in [0.2, 0.25) is 0 Å². The summed E-state index contributed by atoms with van der Waals surface area (Å²) in [7, 11) is 0. The molecule has 0 rings (SSSR count). The molecule has 0 heteroatoms. The molecule has 0 fully saturated rings. The van der Waals surface area contributed by atoms with E-state index in [0.717, 1.165) is 0 Å². The van der Waals surface area contributed by atoms with E-state index in [4.69, 9.17) is 0 Å². The molecule has 66 valence electrons. The lowest BCUT2D eigenvalue weighted by molar-refractivity contribution is 1.17. The van der Waals surface area contributed by atoms with Crippen molar-refractivity contribution >= 4 is 0 Å². The van der Waals surface area contributed by atoms with Crippen molar-refractivity contribution in [3.8, 4) is 0 Å².